The highest BCUT2D eigenvalue weighted by Crippen LogP contribution is 2.47. The zero-order chi connectivity index (χ0) is 15.0. The lowest BCUT2D eigenvalue weighted by atomic mass is 10.0. The molecular formula is C17H24N2O2. The van der Waals surface area contributed by atoms with Crippen molar-refractivity contribution in [2.24, 2.45) is 11.8 Å². The Balaban J connectivity index is 1.98. The normalized spacial score (nSPS) is 22.6. The molecule has 1 aliphatic carbocycles. The molecule has 1 N–H and O–H groups in total. The van der Waals surface area contributed by atoms with Crippen LogP contribution in [0.25, 0.3) is 11.1 Å². The number of aromatic nitrogens is 1. The molecule has 21 heavy (non-hydrogen) atoms. The molecule has 0 saturated heterocycles. The fourth-order valence-electron chi connectivity index (χ4n) is 3.26. The summed E-state index contributed by atoms with van der Waals surface area (Å²) >= 11 is 0. The second-order valence-corrected chi connectivity index (χ2v) is 6.16. The first-order valence-electron chi connectivity index (χ1n) is 8.02. The Morgan fingerprint density at radius 2 is 2.19 bits per heavy atom. The molecule has 3 atom stereocenters. The largest absolute Gasteiger partial charge is 0.419 e. The zero-order valence-electron chi connectivity index (χ0n) is 13.1. The molecule has 0 aliphatic heterocycles. The molecule has 1 aromatic carbocycles. The van der Waals surface area contributed by atoms with Crippen LogP contribution >= 0.6 is 0 Å². The summed E-state index contributed by atoms with van der Waals surface area (Å²) in [6.07, 6.45) is 2.20. The van der Waals surface area contributed by atoms with Crippen molar-refractivity contribution in [3.8, 4) is 0 Å². The van der Waals surface area contributed by atoms with E-state index in [9.17, 15) is 4.79 Å². The maximum atomic E-state index is 11.9. The first kappa shape index (κ1) is 14.4. The van der Waals surface area contributed by atoms with E-state index in [-0.39, 0.29) is 5.76 Å². The van der Waals surface area contributed by atoms with Crippen LogP contribution in [0.5, 0.6) is 0 Å². The first-order chi connectivity index (χ1) is 10.2. The Hall–Kier alpha value is -1.55. The van der Waals surface area contributed by atoms with Gasteiger partial charge in [0.25, 0.3) is 0 Å². The Bertz CT molecular complexity index is 686. The van der Waals surface area contributed by atoms with Crippen molar-refractivity contribution < 1.29 is 4.42 Å². The molecule has 1 aliphatic rings. The van der Waals surface area contributed by atoms with E-state index in [4.69, 9.17) is 4.42 Å². The van der Waals surface area contributed by atoms with Gasteiger partial charge in [-0.2, -0.15) is 0 Å². The van der Waals surface area contributed by atoms with Gasteiger partial charge in [0.2, 0.25) is 0 Å². The molecule has 1 aromatic heterocycles. The van der Waals surface area contributed by atoms with Gasteiger partial charge in [-0.3, -0.25) is 4.57 Å². The minimum absolute atomic E-state index is 0.246. The van der Waals surface area contributed by atoms with Crippen LogP contribution in [0.3, 0.4) is 0 Å². The Morgan fingerprint density at radius 3 is 2.81 bits per heavy atom. The van der Waals surface area contributed by atoms with Crippen LogP contribution in [-0.2, 0) is 6.54 Å². The smallest absolute Gasteiger partial charge is 0.408 e. The second-order valence-electron chi connectivity index (χ2n) is 6.16. The van der Waals surface area contributed by atoms with Crippen molar-refractivity contribution in [2.45, 2.75) is 46.2 Å². The number of fused-ring (bicyclic) bond motifs is 1. The molecule has 0 spiro atoms. The fraction of sp³-hybridized carbons (Fsp3) is 0.588. The van der Waals surface area contributed by atoms with Crippen molar-refractivity contribution in [3.05, 3.63) is 34.3 Å². The number of nitrogens with one attached hydrogen (secondary N) is 1. The van der Waals surface area contributed by atoms with Crippen molar-refractivity contribution in [3.63, 3.8) is 0 Å². The topological polar surface area (TPSA) is 47.2 Å². The molecule has 0 amide bonds. The highest BCUT2D eigenvalue weighted by atomic mass is 16.4. The molecule has 0 bridgehead atoms. The Kier molecular flexibility index (Phi) is 3.89. The molecule has 3 unspecified atom stereocenters. The van der Waals surface area contributed by atoms with E-state index < -0.39 is 0 Å². The van der Waals surface area contributed by atoms with E-state index in [0.717, 1.165) is 24.4 Å². The summed E-state index contributed by atoms with van der Waals surface area (Å²) in [6, 6.07) is 6.58. The van der Waals surface area contributed by atoms with Crippen molar-refractivity contribution in [1.82, 2.24) is 9.88 Å². The molecular weight excluding hydrogens is 264 g/mol. The van der Waals surface area contributed by atoms with E-state index in [1.807, 2.05) is 12.1 Å². The molecule has 1 saturated carbocycles. The van der Waals surface area contributed by atoms with Gasteiger partial charge in [0, 0.05) is 12.6 Å². The summed E-state index contributed by atoms with van der Waals surface area (Å²) < 4.78 is 7.15. The van der Waals surface area contributed by atoms with Crippen LogP contribution in [0.4, 0.5) is 0 Å². The van der Waals surface area contributed by atoms with Gasteiger partial charge in [0.15, 0.2) is 5.58 Å². The van der Waals surface area contributed by atoms with Gasteiger partial charge in [0.05, 0.1) is 5.52 Å². The van der Waals surface area contributed by atoms with E-state index in [1.165, 1.54) is 12.0 Å². The van der Waals surface area contributed by atoms with E-state index in [2.05, 4.69) is 32.2 Å². The quantitative estimate of drug-likeness (QED) is 0.887. The second kappa shape index (κ2) is 5.68. The van der Waals surface area contributed by atoms with Crippen LogP contribution < -0.4 is 11.1 Å². The summed E-state index contributed by atoms with van der Waals surface area (Å²) in [6.45, 7) is 8.16. The standard InChI is InChI=1S/C17H24N2O2/c1-4-8-19-14-7-6-12(10-15(14)21-17(19)20)16(18-5-2)13-9-11(13)3/h6-7,10-11,13,16,18H,4-5,8-9H2,1-3H3. The molecule has 1 fully saturated rings. The van der Waals surface area contributed by atoms with Crippen molar-refractivity contribution in [2.75, 3.05) is 6.54 Å². The Labute approximate surface area is 125 Å². The minimum atomic E-state index is -0.246. The highest BCUT2D eigenvalue weighted by Gasteiger charge is 2.39. The van der Waals surface area contributed by atoms with Crippen molar-refractivity contribution in [1.29, 1.82) is 0 Å². The third-order valence-electron chi connectivity index (χ3n) is 4.52. The SMILES string of the molecule is CCCn1c(=O)oc2cc(C(NCC)C3CC3C)ccc21. The van der Waals surface area contributed by atoms with Gasteiger partial charge in [-0.1, -0.05) is 26.8 Å². The van der Waals surface area contributed by atoms with Crippen LogP contribution in [0.1, 0.15) is 45.2 Å². The van der Waals surface area contributed by atoms with Crippen molar-refractivity contribution >= 4 is 11.1 Å². The summed E-state index contributed by atoms with van der Waals surface area (Å²) in [7, 11) is 0. The first-order valence-corrected chi connectivity index (χ1v) is 8.02. The molecule has 2 aromatic rings. The number of nitrogens with zero attached hydrogens (tertiary/aromatic N) is 1. The van der Waals surface area contributed by atoms with Gasteiger partial charge in [-0.05, 0) is 48.9 Å². The molecule has 1 heterocycles. The van der Waals surface area contributed by atoms with Gasteiger partial charge < -0.3 is 9.73 Å². The van der Waals surface area contributed by atoms with Gasteiger partial charge in [-0.25, -0.2) is 4.79 Å². The predicted octanol–water partition coefficient (Wildman–Crippen LogP) is 3.31. The third-order valence-corrected chi connectivity index (χ3v) is 4.52. The van der Waals surface area contributed by atoms with Gasteiger partial charge in [-0.15, -0.1) is 0 Å². The highest BCUT2D eigenvalue weighted by molar-refractivity contribution is 5.74. The monoisotopic (exact) mass is 288 g/mol. The number of rotatable bonds is 6. The summed E-state index contributed by atoms with van der Waals surface area (Å²) in [5.41, 5.74) is 2.85. The number of hydrogen-bond acceptors (Lipinski definition) is 3. The van der Waals surface area contributed by atoms with Crippen LogP contribution in [-0.4, -0.2) is 11.1 Å². The lowest BCUT2D eigenvalue weighted by Gasteiger charge is -2.18. The molecule has 0 radical (unpaired) electrons. The summed E-state index contributed by atoms with van der Waals surface area (Å²) in [5.74, 6) is 1.23. The number of oxazole rings is 1. The molecule has 4 heteroatoms. The van der Waals surface area contributed by atoms with E-state index in [1.54, 1.807) is 4.57 Å². The van der Waals surface area contributed by atoms with Gasteiger partial charge in [0.1, 0.15) is 0 Å². The van der Waals surface area contributed by atoms with Gasteiger partial charge >= 0.3 is 5.76 Å². The third kappa shape index (κ3) is 2.64. The average molecular weight is 288 g/mol. The maximum absolute atomic E-state index is 11.9. The maximum Gasteiger partial charge on any atom is 0.419 e. The van der Waals surface area contributed by atoms with Crippen LogP contribution in [0.15, 0.2) is 27.4 Å². The average Bonchev–Trinajstić information content (AvgIpc) is 3.10. The number of hydrogen-bond donors (Lipinski definition) is 1. The molecule has 114 valence electrons. The van der Waals surface area contributed by atoms with Crippen LogP contribution in [0.2, 0.25) is 0 Å². The van der Waals surface area contributed by atoms with Crippen LogP contribution in [0, 0.1) is 11.8 Å². The lowest BCUT2D eigenvalue weighted by molar-refractivity contribution is 0.474. The minimum Gasteiger partial charge on any atom is -0.408 e. The number of benzene rings is 1. The number of aryl methyl sites for hydroxylation is 1. The zero-order valence-corrected chi connectivity index (χ0v) is 13.1. The van der Waals surface area contributed by atoms with E-state index in [0.29, 0.717) is 24.1 Å². The predicted molar refractivity (Wildman–Crippen MR) is 84.5 cm³/mol. The fourth-order valence-corrected chi connectivity index (χ4v) is 3.26. The summed E-state index contributed by atoms with van der Waals surface area (Å²) in [5, 5.41) is 3.58. The Morgan fingerprint density at radius 1 is 1.43 bits per heavy atom. The lowest BCUT2D eigenvalue weighted by Crippen LogP contribution is -2.23. The molecule has 4 nitrogen and oxygen atoms in total. The van der Waals surface area contributed by atoms with E-state index >= 15 is 0 Å². The molecule has 3 rings (SSSR count). The summed E-state index contributed by atoms with van der Waals surface area (Å²) in [4.78, 5) is 11.9.